The van der Waals surface area contributed by atoms with Crippen molar-refractivity contribution in [1.29, 1.82) is 0 Å². The Hall–Kier alpha value is -3.11. The van der Waals surface area contributed by atoms with Gasteiger partial charge in [-0.05, 0) is 0 Å². The molecule has 96 valence electrons. The number of nitrogen functional groups attached to an aromatic ring is 1. The van der Waals surface area contributed by atoms with Crippen molar-refractivity contribution in [1.82, 2.24) is 44.5 Å². The average Bonchev–Trinajstić information content (AvgIpc) is 3.00. The number of ether oxygens (including phenoxy) is 1. The van der Waals surface area contributed by atoms with Crippen LogP contribution in [0.25, 0.3) is 5.95 Å². The fourth-order valence-electron chi connectivity index (χ4n) is 1.27. The van der Waals surface area contributed by atoms with Gasteiger partial charge in [0.15, 0.2) is 0 Å². The Labute approximate surface area is 106 Å². The minimum absolute atomic E-state index is 0.00793. The summed E-state index contributed by atoms with van der Waals surface area (Å²) in [6, 6.07) is 0.0850. The van der Waals surface area contributed by atoms with Crippen molar-refractivity contribution in [2.75, 3.05) is 5.73 Å². The fraction of sp³-hybridized carbons (Fsp3) is 0.125. The maximum Gasteiger partial charge on any atom is 0.343 e. The molecule has 3 heterocycles. The third-order valence-corrected chi connectivity index (χ3v) is 2.01. The molecule has 11 nitrogen and oxygen atoms in total. The van der Waals surface area contributed by atoms with Gasteiger partial charge < -0.3 is 10.5 Å². The van der Waals surface area contributed by atoms with Crippen LogP contribution in [0.2, 0.25) is 0 Å². The first-order chi connectivity index (χ1) is 9.20. The van der Waals surface area contributed by atoms with Crippen molar-refractivity contribution in [3.05, 3.63) is 19.0 Å². The van der Waals surface area contributed by atoms with E-state index in [9.17, 15) is 0 Å². The van der Waals surface area contributed by atoms with Gasteiger partial charge in [0.25, 0.3) is 5.95 Å². The normalized spacial score (nSPS) is 10.6. The van der Waals surface area contributed by atoms with Gasteiger partial charge in [0.1, 0.15) is 19.0 Å². The van der Waals surface area contributed by atoms with Gasteiger partial charge in [-0.3, -0.25) is 4.68 Å². The first-order valence-electron chi connectivity index (χ1n) is 5.11. The maximum absolute atomic E-state index is 5.57. The molecule has 0 spiro atoms. The summed E-state index contributed by atoms with van der Waals surface area (Å²) >= 11 is 0. The first-order valence-corrected chi connectivity index (χ1v) is 5.11. The molecule has 0 fully saturated rings. The molecule has 3 rings (SSSR count). The molecule has 3 aromatic rings. The molecule has 0 saturated heterocycles. The van der Waals surface area contributed by atoms with Gasteiger partial charge in [0, 0.05) is 7.05 Å². The predicted octanol–water partition coefficient (Wildman–Crippen LogP) is -1.04. The van der Waals surface area contributed by atoms with Gasteiger partial charge in [-0.15, -0.1) is 5.10 Å². The number of aromatic nitrogens is 9. The van der Waals surface area contributed by atoms with E-state index in [2.05, 4.69) is 35.1 Å². The Morgan fingerprint density at radius 2 is 2.05 bits per heavy atom. The Balaban J connectivity index is 1.94. The smallest absolute Gasteiger partial charge is 0.343 e. The highest BCUT2D eigenvalue weighted by molar-refractivity contribution is 5.24. The van der Waals surface area contributed by atoms with E-state index in [1.165, 1.54) is 28.3 Å². The summed E-state index contributed by atoms with van der Waals surface area (Å²) in [6.07, 6.45) is 4.26. The second kappa shape index (κ2) is 4.29. The van der Waals surface area contributed by atoms with E-state index < -0.39 is 0 Å². The van der Waals surface area contributed by atoms with Crippen LogP contribution in [-0.2, 0) is 7.05 Å². The molecule has 0 amide bonds. The van der Waals surface area contributed by atoms with Crippen LogP contribution < -0.4 is 10.5 Å². The van der Waals surface area contributed by atoms with Crippen LogP contribution in [0.4, 0.5) is 5.95 Å². The summed E-state index contributed by atoms with van der Waals surface area (Å²) in [4.78, 5) is 19.4. The zero-order valence-corrected chi connectivity index (χ0v) is 9.74. The average molecular weight is 260 g/mol. The third-order valence-electron chi connectivity index (χ3n) is 2.01. The summed E-state index contributed by atoms with van der Waals surface area (Å²) in [7, 11) is 1.71. The summed E-state index contributed by atoms with van der Waals surface area (Å²) in [5.74, 6) is 0.183. The fourth-order valence-corrected chi connectivity index (χ4v) is 1.27. The molecule has 0 atom stereocenters. The van der Waals surface area contributed by atoms with E-state index in [4.69, 9.17) is 10.5 Å². The van der Waals surface area contributed by atoms with Crippen LogP contribution in [0.1, 0.15) is 0 Å². The number of nitrogens with zero attached hydrogens (tertiary/aromatic N) is 9. The van der Waals surface area contributed by atoms with E-state index in [1.54, 1.807) is 7.05 Å². The minimum Gasteiger partial charge on any atom is -0.387 e. The minimum atomic E-state index is -0.0239. The molecule has 0 radical (unpaired) electrons. The largest absolute Gasteiger partial charge is 0.387 e. The van der Waals surface area contributed by atoms with Crippen LogP contribution in [0.15, 0.2) is 19.0 Å². The van der Waals surface area contributed by atoms with E-state index in [0.29, 0.717) is 0 Å². The molecule has 0 bridgehead atoms. The van der Waals surface area contributed by atoms with Crippen molar-refractivity contribution in [2.24, 2.45) is 7.05 Å². The van der Waals surface area contributed by atoms with Crippen LogP contribution in [0.3, 0.4) is 0 Å². The third kappa shape index (κ3) is 2.29. The Bertz CT molecular complexity index is 689. The zero-order valence-electron chi connectivity index (χ0n) is 9.74. The summed E-state index contributed by atoms with van der Waals surface area (Å²) in [5, 5.41) is 7.82. The van der Waals surface area contributed by atoms with E-state index >= 15 is 0 Å². The van der Waals surface area contributed by atoms with Gasteiger partial charge in [-0.2, -0.15) is 29.7 Å². The molecule has 3 aromatic heterocycles. The number of anilines is 1. The lowest BCUT2D eigenvalue weighted by Crippen LogP contribution is -2.08. The molecule has 11 heteroatoms. The second-order valence-corrected chi connectivity index (χ2v) is 3.42. The van der Waals surface area contributed by atoms with Crippen LogP contribution in [-0.4, -0.2) is 44.5 Å². The summed E-state index contributed by atoms with van der Waals surface area (Å²) in [5.41, 5.74) is 5.57. The van der Waals surface area contributed by atoms with Gasteiger partial charge in [0.2, 0.25) is 5.95 Å². The van der Waals surface area contributed by atoms with Crippen LogP contribution in [0.5, 0.6) is 12.0 Å². The van der Waals surface area contributed by atoms with E-state index in [1.807, 2.05) is 0 Å². The monoisotopic (exact) mass is 260 g/mol. The van der Waals surface area contributed by atoms with E-state index in [-0.39, 0.29) is 23.9 Å². The lowest BCUT2D eigenvalue weighted by atomic mass is 10.8. The molecular formula is C8H8N10O. The molecule has 0 aliphatic heterocycles. The second-order valence-electron chi connectivity index (χ2n) is 3.42. The lowest BCUT2D eigenvalue weighted by Gasteiger charge is -2.02. The highest BCUT2D eigenvalue weighted by Gasteiger charge is 2.10. The molecule has 19 heavy (non-hydrogen) atoms. The van der Waals surface area contributed by atoms with Gasteiger partial charge in [0.05, 0.1) is 0 Å². The molecule has 0 unspecified atom stereocenters. The van der Waals surface area contributed by atoms with Crippen molar-refractivity contribution in [2.45, 2.75) is 0 Å². The van der Waals surface area contributed by atoms with Crippen molar-refractivity contribution >= 4 is 5.95 Å². The number of hydrogen-bond acceptors (Lipinski definition) is 9. The standard InChI is InChI=1S/C8H8N10O/c1-17-4-11-7(16-17)19-8-14-5(9)13-6(15-8)18-3-10-2-12-18/h2-4H,1H3,(H2,9,13,14,15). The quantitative estimate of drug-likeness (QED) is 0.625. The molecular weight excluding hydrogens is 252 g/mol. The van der Waals surface area contributed by atoms with Crippen molar-refractivity contribution in [3.8, 4) is 18.0 Å². The highest BCUT2D eigenvalue weighted by Crippen LogP contribution is 2.13. The number of hydrogen-bond donors (Lipinski definition) is 1. The Kier molecular flexibility index (Phi) is 2.48. The summed E-state index contributed by atoms with van der Waals surface area (Å²) < 4.78 is 8.09. The van der Waals surface area contributed by atoms with Crippen LogP contribution >= 0.6 is 0 Å². The maximum atomic E-state index is 5.57. The lowest BCUT2D eigenvalue weighted by molar-refractivity contribution is 0.402. The molecule has 0 saturated carbocycles. The summed E-state index contributed by atoms with van der Waals surface area (Å²) in [6.45, 7) is 0. The van der Waals surface area contributed by atoms with E-state index in [0.717, 1.165) is 0 Å². The Morgan fingerprint density at radius 1 is 1.16 bits per heavy atom. The topological polar surface area (TPSA) is 135 Å². The van der Waals surface area contributed by atoms with Crippen molar-refractivity contribution < 1.29 is 4.74 Å². The van der Waals surface area contributed by atoms with Gasteiger partial charge in [-0.1, -0.05) is 0 Å². The molecule has 2 N–H and O–H groups in total. The van der Waals surface area contributed by atoms with Gasteiger partial charge in [-0.25, -0.2) is 4.98 Å². The molecule has 0 aliphatic carbocycles. The molecule has 0 aromatic carbocycles. The number of rotatable bonds is 3. The van der Waals surface area contributed by atoms with Crippen molar-refractivity contribution in [3.63, 3.8) is 0 Å². The number of nitrogens with two attached hydrogens (primary N) is 1. The first kappa shape index (κ1) is 11.0. The van der Waals surface area contributed by atoms with Gasteiger partial charge >= 0.3 is 12.0 Å². The van der Waals surface area contributed by atoms with Crippen LogP contribution in [0, 0.1) is 0 Å². The molecule has 0 aliphatic rings. The highest BCUT2D eigenvalue weighted by atomic mass is 16.5. The predicted molar refractivity (Wildman–Crippen MR) is 60.2 cm³/mol. The SMILES string of the molecule is Cn1cnc(Oc2nc(N)nc(-n3cncn3)n2)n1. The Morgan fingerprint density at radius 3 is 2.74 bits per heavy atom. The number of aryl methyl sites for hydroxylation is 1. The zero-order chi connectivity index (χ0) is 13.2.